The first-order chi connectivity index (χ1) is 17.1. The maximum Gasteiger partial charge on any atom is 0.264 e. The van der Waals surface area contributed by atoms with Crippen LogP contribution in [0.5, 0.6) is 11.5 Å². The first-order valence-electron chi connectivity index (χ1n) is 11.4. The second kappa shape index (κ2) is 11.6. The van der Waals surface area contributed by atoms with Crippen LogP contribution in [0.15, 0.2) is 36.4 Å². The van der Waals surface area contributed by atoms with Crippen LogP contribution in [-0.4, -0.2) is 75.9 Å². The van der Waals surface area contributed by atoms with E-state index < -0.39 is 35.0 Å². The van der Waals surface area contributed by atoms with Gasteiger partial charge in [-0.3, -0.25) is 28.4 Å². The third-order valence-corrected chi connectivity index (χ3v) is 6.67. The van der Waals surface area contributed by atoms with E-state index in [2.05, 4.69) is 5.32 Å². The number of imide groups is 1. The largest absolute Gasteiger partial charge is 0.772 e. The highest BCUT2D eigenvalue weighted by Gasteiger charge is 2.42. The smallest absolute Gasteiger partial charge is 0.264 e. The van der Waals surface area contributed by atoms with E-state index in [0.717, 1.165) is 4.90 Å². The summed E-state index contributed by atoms with van der Waals surface area (Å²) in [6, 6.07) is 8.28. The van der Waals surface area contributed by atoms with Crippen LogP contribution in [0, 0.1) is 0 Å². The predicted octanol–water partition coefficient (Wildman–Crippen LogP) is 2.59. The van der Waals surface area contributed by atoms with E-state index in [0.29, 0.717) is 23.7 Å². The summed E-state index contributed by atoms with van der Waals surface area (Å²) in [6.45, 7) is 3.88. The van der Waals surface area contributed by atoms with Crippen molar-refractivity contribution in [1.29, 1.82) is 0 Å². The number of carbonyl (C=O) groups is 3. The zero-order valence-corrected chi connectivity index (χ0v) is 21.7. The van der Waals surface area contributed by atoms with Gasteiger partial charge in [-0.15, -0.1) is 0 Å². The van der Waals surface area contributed by atoms with Gasteiger partial charge in [0.25, 0.3) is 11.8 Å². The fourth-order valence-corrected chi connectivity index (χ4v) is 4.40. The van der Waals surface area contributed by atoms with Gasteiger partial charge in [-0.1, -0.05) is 23.2 Å². The van der Waals surface area contributed by atoms with Crippen molar-refractivity contribution in [3.05, 3.63) is 53.1 Å². The molecule has 3 rings (SSSR count). The van der Waals surface area contributed by atoms with Crippen molar-refractivity contribution in [2.75, 3.05) is 38.9 Å². The highest BCUT2D eigenvalue weighted by molar-refractivity contribution is 7.79. The van der Waals surface area contributed by atoms with Crippen molar-refractivity contribution in [2.45, 2.75) is 32.4 Å². The number of hydrogen-bond acceptors (Lipinski definition) is 8. The number of amides is 3. The number of nitrogens with zero attached hydrogens (tertiary/aromatic N) is 2. The Hall–Kier alpha value is -3.28. The average molecular weight is 517 g/mol. The number of carbonyl (C=O) groups excluding carboxylic acids is 3. The van der Waals surface area contributed by atoms with Crippen LogP contribution in [0.25, 0.3) is 0 Å². The molecule has 2 aromatic rings. The predicted molar refractivity (Wildman–Crippen MR) is 134 cm³/mol. The SMILES string of the molecule is CCOc1cc(C(CCS(=O)[O-])N2C(=O)c3cccc(NC(=O)C(C)N(C)C)c3C2=O)ccc1OC. The van der Waals surface area contributed by atoms with Crippen molar-refractivity contribution in [3.63, 3.8) is 0 Å². The fourth-order valence-electron chi connectivity index (χ4n) is 3.98. The molecule has 0 saturated heterocycles. The number of fused-ring (bicyclic) bond motifs is 1. The Bertz CT molecular complexity index is 1180. The summed E-state index contributed by atoms with van der Waals surface area (Å²) in [6.07, 6.45) is -0.0151. The van der Waals surface area contributed by atoms with Crippen molar-refractivity contribution in [2.24, 2.45) is 0 Å². The number of ether oxygens (including phenoxy) is 2. The lowest BCUT2D eigenvalue weighted by atomic mass is 10.0. The van der Waals surface area contributed by atoms with Crippen LogP contribution < -0.4 is 14.8 Å². The summed E-state index contributed by atoms with van der Waals surface area (Å²) in [5.74, 6) is -0.900. The minimum atomic E-state index is -2.39. The van der Waals surface area contributed by atoms with Crippen molar-refractivity contribution in [3.8, 4) is 11.5 Å². The first-order valence-corrected chi connectivity index (χ1v) is 12.7. The van der Waals surface area contributed by atoms with Gasteiger partial charge in [0.1, 0.15) is 0 Å². The van der Waals surface area contributed by atoms with Crippen LogP contribution >= 0.6 is 0 Å². The van der Waals surface area contributed by atoms with Crippen molar-refractivity contribution in [1.82, 2.24) is 9.80 Å². The highest BCUT2D eigenvalue weighted by atomic mass is 32.2. The molecule has 1 aliphatic rings. The number of anilines is 1. The highest BCUT2D eigenvalue weighted by Crippen LogP contribution is 2.39. The van der Waals surface area contributed by atoms with Crippen molar-refractivity contribution < 1.29 is 32.6 Å². The van der Waals surface area contributed by atoms with E-state index in [1.165, 1.54) is 13.2 Å². The third-order valence-electron chi connectivity index (χ3n) is 6.10. The molecule has 0 spiro atoms. The second-order valence-electron chi connectivity index (χ2n) is 8.49. The van der Waals surface area contributed by atoms with E-state index in [-0.39, 0.29) is 34.9 Å². The zero-order valence-electron chi connectivity index (χ0n) is 20.9. The zero-order chi connectivity index (χ0) is 26.6. The standard InChI is InChI=1S/C25H31N3O7S/c1-6-35-21-14-16(10-11-20(21)34-5)19(12-13-36(32)33)28-24(30)17-8-7-9-18(22(17)25(28)31)26-23(29)15(2)27(3)4/h7-11,14-15,19H,6,12-13H2,1-5H3,(H,26,29)(H,32,33)/p-1. The molecule has 0 bridgehead atoms. The molecule has 0 aromatic heterocycles. The average Bonchev–Trinajstić information content (AvgIpc) is 3.09. The molecule has 1 N–H and O–H groups in total. The molecule has 3 unspecified atom stereocenters. The van der Waals surface area contributed by atoms with Crippen molar-refractivity contribution >= 4 is 34.5 Å². The Morgan fingerprint density at radius 3 is 2.50 bits per heavy atom. The van der Waals surface area contributed by atoms with Gasteiger partial charge in [-0.05, 0) is 64.2 Å². The van der Waals surface area contributed by atoms with E-state index in [1.54, 1.807) is 63.2 Å². The summed E-state index contributed by atoms with van der Waals surface area (Å²) < 4.78 is 33.8. The molecule has 11 heteroatoms. The third kappa shape index (κ3) is 5.58. The Morgan fingerprint density at radius 2 is 1.89 bits per heavy atom. The van der Waals surface area contributed by atoms with Crippen LogP contribution in [0.4, 0.5) is 5.69 Å². The molecule has 10 nitrogen and oxygen atoms in total. The lowest BCUT2D eigenvalue weighted by Gasteiger charge is -2.28. The second-order valence-corrected chi connectivity index (χ2v) is 9.51. The van der Waals surface area contributed by atoms with Gasteiger partial charge in [0.2, 0.25) is 5.91 Å². The monoisotopic (exact) mass is 516 g/mol. The summed E-state index contributed by atoms with van der Waals surface area (Å²) in [5.41, 5.74) is 0.963. The first kappa shape index (κ1) is 27.3. The minimum Gasteiger partial charge on any atom is -0.772 e. The number of methoxy groups -OCH3 is 1. The van der Waals surface area contributed by atoms with Gasteiger partial charge in [0, 0.05) is 5.75 Å². The summed E-state index contributed by atoms with van der Waals surface area (Å²) in [5, 5.41) is 2.75. The number of likely N-dealkylation sites (N-methyl/N-ethyl adjacent to an activating group) is 1. The quantitative estimate of drug-likeness (QED) is 0.357. The topological polar surface area (TPSA) is 128 Å². The van der Waals surface area contributed by atoms with Crippen LogP contribution in [0.3, 0.4) is 0 Å². The molecular formula is C25H30N3O7S-. The summed E-state index contributed by atoms with van der Waals surface area (Å²) in [4.78, 5) is 42.5. The van der Waals surface area contributed by atoms with E-state index in [4.69, 9.17) is 9.47 Å². The summed E-state index contributed by atoms with van der Waals surface area (Å²) >= 11 is -2.39. The Kier molecular flexibility index (Phi) is 8.83. The molecule has 36 heavy (non-hydrogen) atoms. The minimum absolute atomic E-state index is 0.0151. The number of hydrogen-bond donors (Lipinski definition) is 1. The molecule has 1 heterocycles. The van der Waals surface area contributed by atoms with Gasteiger partial charge < -0.3 is 19.3 Å². The van der Waals surface area contributed by atoms with E-state index in [9.17, 15) is 23.1 Å². The van der Waals surface area contributed by atoms with Crippen LogP contribution in [0.1, 0.15) is 52.6 Å². The number of benzene rings is 2. The van der Waals surface area contributed by atoms with Crippen LogP contribution in [-0.2, 0) is 15.9 Å². The van der Waals surface area contributed by atoms with E-state index in [1.807, 2.05) is 0 Å². The molecule has 3 amide bonds. The lowest BCUT2D eigenvalue weighted by molar-refractivity contribution is -0.119. The maximum atomic E-state index is 13.6. The summed E-state index contributed by atoms with van der Waals surface area (Å²) in [7, 11) is 5.00. The molecule has 0 saturated carbocycles. The Balaban J connectivity index is 2.04. The molecule has 2 aromatic carbocycles. The van der Waals surface area contributed by atoms with Crippen LogP contribution in [0.2, 0.25) is 0 Å². The maximum absolute atomic E-state index is 13.6. The molecule has 0 aliphatic carbocycles. The Morgan fingerprint density at radius 1 is 1.17 bits per heavy atom. The van der Waals surface area contributed by atoms with Gasteiger partial charge >= 0.3 is 0 Å². The lowest BCUT2D eigenvalue weighted by Crippen LogP contribution is -2.37. The molecule has 0 radical (unpaired) electrons. The number of nitrogens with one attached hydrogen (secondary N) is 1. The number of rotatable bonds is 11. The van der Waals surface area contributed by atoms with Gasteiger partial charge in [0.15, 0.2) is 11.5 Å². The fraction of sp³-hybridized carbons (Fsp3) is 0.400. The Labute approximate surface area is 212 Å². The molecule has 0 fully saturated rings. The van der Waals surface area contributed by atoms with Gasteiger partial charge in [-0.25, -0.2) is 0 Å². The normalized spacial score (nSPS) is 15.5. The molecule has 1 aliphatic heterocycles. The van der Waals surface area contributed by atoms with Gasteiger partial charge in [-0.2, -0.15) is 0 Å². The molecular weight excluding hydrogens is 486 g/mol. The van der Waals surface area contributed by atoms with E-state index >= 15 is 0 Å². The molecule has 194 valence electrons. The molecule has 3 atom stereocenters. The van der Waals surface area contributed by atoms with Gasteiger partial charge in [0.05, 0.1) is 42.6 Å².